The van der Waals surface area contributed by atoms with Crippen molar-refractivity contribution >= 4 is 16.7 Å². The van der Waals surface area contributed by atoms with Crippen LogP contribution in [0.3, 0.4) is 0 Å². The molecule has 3 aromatic rings. The molecule has 0 bridgehead atoms. The van der Waals surface area contributed by atoms with Gasteiger partial charge in [-0.2, -0.15) is 0 Å². The third-order valence-electron chi connectivity index (χ3n) is 3.28. The minimum atomic E-state index is -0.818. The van der Waals surface area contributed by atoms with Gasteiger partial charge in [0.05, 0.1) is 6.42 Å². The molecule has 0 aliphatic rings. The van der Waals surface area contributed by atoms with E-state index in [1.54, 1.807) is 6.20 Å². The van der Waals surface area contributed by atoms with Gasteiger partial charge in [0.25, 0.3) is 0 Å². The van der Waals surface area contributed by atoms with Gasteiger partial charge in [0.15, 0.2) is 0 Å². The van der Waals surface area contributed by atoms with Crippen LogP contribution in [0.15, 0.2) is 60.9 Å². The molecular weight excluding hydrogens is 250 g/mol. The highest BCUT2D eigenvalue weighted by atomic mass is 16.4. The number of fused-ring (bicyclic) bond motifs is 1. The number of rotatable bonds is 3. The summed E-state index contributed by atoms with van der Waals surface area (Å²) in [5.41, 5.74) is 2.89. The Bertz CT molecular complexity index is 775. The van der Waals surface area contributed by atoms with Crippen LogP contribution < -0.4 is 0 Å². The molecule has 1 aromatic heterocycles. The lowest BCUT2D eigenvalue weighted by molar-refractivity contribution is -0.136. The van der Waals surface area contributed by atoms with Crippen LogP contribution in [-0.4, -0.2) is 16.1 Å². The maximum absolute atomic E-state index is 10.8. The number of aliphatic carboxylic acids is 1. The second kappa shape index (κ2) is 5.13. The van der Waals surface area contributed by atoms with E-state index in [0.717, 1.165) is 27.5 Å². The second-order valence-corrected chi connectivity index (χ2v) is 4.67. The van der Waals surface area contributed by atoms with E-state index in [0.29, 0.717) is 0 Å². The fourth-order valence-corrected chi connectivity index (χ4v) is 2.39. The number of carboxylic acids is 1. The van der Waals surface area contributed by atoms with Gasteiger partial charge in [0.2, 0.25) is 0 Å². The summed E-state index contributed by atoms with van der Waals surface area (Å²) < 4.78 is 0. The topological polar surface area (TPSA) is 50.2 Å². The van der Waals surface area contributed by atoms with Crippen molar-refractivity contribution in [2.75, 3.05) is 0 Å². The molecule has 3 rings (SSSR count). The zero-order valence-corrected chi connectivity index (χ0v) is 10.8. The lowest BCUT2D eigenvalue weighted by Gasteiger charge is -2.07. The van der Waals surface area contributed by atoms with Gasteiger partial charge < -0.3 is 5.11 Å². The Labute approximate surface area is 116 Å². The van der Waals surface area contributed by atoms with Crippen LogP contribution in [-0.2, 0) is 11.2 Å². The number of carboxylic acid groups (broad SMARTS) is 1. The maximum Gasteiger partial charge on any atom is 0.307 e. The first-order valence-corrected chi connectivity index (χ1v) is 6.38. The number of aromatic nitrogens is 1. The van der Waals surface area contributed by atoms with E-state index in [1.807, 2.05) is 54.7 Å². The van der Waals surface area contributed by atoms with Gasteiger partial charge in [-0.1, -0.05) is 42.5 Å². The minimum absolute atomic E-state index is 0.0385. The van der Waals surface area contributed by atoms with E-state index in [4.69, 9.17) is 5.11 Å². The van der Waals surface area contributed by atoms with E-state index < -0.39 is 5.97 Å². The van der Waals surface area contributed by atoms with Crippen molar-refractivity contribution in [3.05, 3.63) is 66.5 Å². The Morgan fingerprint density at radius 1 is 1.10 bits per heavy atom. The number of hydrogen-bond acceptors (Lipinski definition) is 2. The molecule has 3 heteroatoms. The van der Waals surface area contributed by atoms with Crippen LogP contribution in [0.5, 0.6) is 0 Å². The Kier molecular flexibility index (Phi) is 3.17. The third-order valence-corrected chi connectivity index (χ3v) is 3.28. The van der Waals surface area contributed by atoms with Crippen molar-refractivity contribution in [1.82, 2.24) is 4.98 Å². The van der Waals surface area contributed by atoms with Crippen LogP contribution in [0.4, 0.5) is 0 Å². The van der Waals surface area contributed by atoms with E-state index >= 15 is 0 Å². The van der Waals surface area contributed by atoms with Gasteiger partial charge in [-0.15, -0.1) is 0 Å². The molecule has 3 nitrogen and oxygen atoms in total. The zero-order chi connectivity index (χ0) is 13.9. The highest BCUT2D eigenvalue weighted by Gasteiger charge is 2.06. The number of pyridine rings is 1. The Morgan fingerprint density at radius 3 is 2.80 bits per heavy atom. The molecule has 1 N–H and O–H groups in total. The fourth-order valence-electron chi connectivity index (χ4n) is 2.39. The molecule has 2 aromatic carbocycles. The van der Waals surface area contributed by atoms with Crippen molar-refractivity contribution in [1.29, 1.82) is 0 Å². The highest BCUT2D eigenvalue weighted by Crippen LogP contribution is 2.28. The molecule has 20 heavy (non-hydrogen) atoms. The molecule has 0 saturated carbocycles. The van der Waals surface area contributed by atoms with E-state index in [2.05, 4.69) is 4.98 Å². The number of benzene rings is 2. The van der Waals surface area contributed by atoms with Crippen LogP contribution in [0.1, 0.15) is 5.56 Å². The molecule has 0 aliphatic carbocycles. The van der Waals surface area contributed by atoms with Crippen molar-refractivity contribution in [3.63, 3.8) is 0 Å². The quantitative estimate of drug-likeness (QED) is 0.786. The summed E-state index contributed by atoms with van der Waals surface area (Å²) in [4.78, 5) is 15.0. The summed E-state index contributed by atoms with van der Waals surface area (Å²) in [5.74, 6) is -0.818. The molecule has 0 spiro atoms. The average molecular weight is 263 g/mol. The summed E-state index contributed by atoms with van der Waals surface area (Å²) in [6.45, 7) is 0. The molecule has 0 aliphatic heterocycles. The summed E-state index contributed by atoms with van der Waals surface area (Å²) in [6, 6.07) is 15.7. The molecule has 0 saturated heterocycles. The first-order valence-electron chi connectivity index (χ1n) is 6.38. The lowest BCUT2D eigenvalue weighted by Crippen LogP contribution is -1.99. The van der Waals surface area contributed by atoms with E-state index in [1.165, 1.54) is 0 Å². The smallest absolute Gasteiger partial charge is 0.307 e. The predicted octanol–water partition coefficient (Wildman–Crippen LogP) is 3.53. The molecule has 0 radical (unpaired) electrons. The van der Waals surface area contributed by atoms with Gasteiger partial charge in [-0.3, -0.25) is 9.78 Å². The Hall–Kier alpha value is -2.68. The van der Waals surface area contributed by atoms with Crippen LogP contribution >= 0.6 is 0 Å². The van der Waals surface area contributed by atoms with Gasteiger partial charge >= 0.3 is 5.97 Å². The molecule has 0 atom stereocenters. The third kappa shape index (κ3) is 2.38. The summed E-state index contributed by atoms with van der Waals surface area (Å²) in [7, 11) is 0. The van der Waals surface area contributed by atoms with Gasteiger partial charge in [-0.25, -0.2) is 0 Å². The summed E-state index contributed by atoms with van der Waals surface area (Å²) in [5, 5.41) is 11.1. The van der Waals surface area contributed by atoms with Crippen LogP contribution in [0.25, 0.3) is 21.9 Å². The monoisotopic (exact) mass is 263 g/mol. The summed E-state index contributed by atoms with van der Waals surface area (Å²) in [6.07, 6.45) is 3.65. The zero-order valence-electron chi connectivity index (χ0n) is 10.8. The van der Waals surface area contributed by atoms with Crippen molar-refractivity contribution in [3.8, 4) is 11.1 Å². The molecule has 98 valence electrons. The van der Waals surface area contributed by atoms with Gasteiger partial charge in [-0.05, 0) is 28.1 Å². The molecule has 1 heterocycles. The Morgan fingerprint density at radius 2 is 1.95 bits per heavy atom. The average Bonchev–Trinajstić information content (AvgIpc) is 2.46. The van der Waals surface area contributed by atoms with E-state index in [9.17, 15) is 4.79 Å². The number of hydrogen-bond donors (Lipinski definition) is 1. The Balaban J connectivity index is 2.13. The van der Waals surface area contributed by atoms with E-state index in [-0.39, 0.29) is 6.42 Å². The lowest BCUT2D eigenvalue weighted by atomic mass is 9.97. The molecule has 0 unspecified atom stereocenters. The first kappa shape index (κ1) is 12.4. The normalized spacial score (nSPS) is 10.6. The number of nitrogens with zero attached hydrogens (tertiary/aromatic N) is 1. The van der Waals surface area contributed by atoms with Crippen molar-refractivity contribution < 1.29 is 9.90 Å². The summed E-state index contributed by atoms with van der Waals surface area (Å²) >= 11 is 0. The second-order valence-electron chi connectivity index (χ2n) is 4.67. The van der Waals surface area contributed by atoms with Crippen molar-refractivity contribution in [2.24, 2.45) is 0 Å². The molecule has 0 amide bonds. The number of carbonyl (C=O) groups is 1. The van der Waals surface area contributed by atoms with Crippen molar-refractivity contribution in [2.45, 2.75) is 6.42 Å². The molecular formula is C17H13NO2. The maximum atomic E-state index is 10.8. The SMILES string of the molecule is O=C(O)Cc1cccc(-c2cccc3ccncc23)c1. The van der Waals surface area contributed by atoms with Gasteiger partial charge in [0.1, 0.15) is 0 Å². The fraction of sp³-hybridized carbons (Fsp3) is 0.0588. The van der Waals surface area contributed by atoms with Crippen LogP contribution in [0, 0.1) is 0 Å². The van der Waals surface area contributed by atoms with Gasteiger partial charge in [0, 0.05) is 17.8 Å². The standard InChI is InChI=1S/C17H13NO2/c19-17(20)10-12-3-1-5-14(9-12)15-6-2-4-13-7-8-18-11-16(13)15/h1-9,11H,10H2,(H,19,20). The van der Waals surface area contributed by atoms with Crippen LogP contribution in [0.2, 0.25) is 0 Å². The first-order chi connectivity index (χ1) is 9.74. The largest absolute Gasteiger partial charge is 0.481 e. The highest BCUT2D eigenvalue weighted by molar-refractivity contribution is 5.96. The predicted molar refractivity (Wildman–Crippen MR) is 78.5 cm³/mol. The molecule has 0 fully saturated rings. The minimum Gasteiger partial charge on any atom is -0.481 e.